The molecule has 2 N–H and O–H groups in total. The molecule has 0 radical (unpaired) electrons. The molecule has 4 rings (SSSR count). The van der Waals surface area contributed by atoms with E-state index in [1.54, 1.807) is 0 Å². The second-order valence-electron chi connectivity index (χ2n) is 8.39. The van der Waals surface area contributed by atoms with Crippen LogP contribution >= 0.6 is 23.2 Å². The van der Waals surface area contributed by atoms with Gasteiger partial charge in [-0.1, -0.05) is 49.2 Å². The number of benzene rings is 2. The van der Waals surface area contributed by atoms with Crippen LogP contribution in [0.1, 0.15) is 26.7 Å². The Morgan fingerprint density at radius 1 is 1.20 bits per heavy atom. The van der Waals surface area contributed by atoms with E-state index in [0.29, 0.717) is 21.8 Å². The maximum atomic E-state index is 12.9. The minimum Gasteiger partial charge on any atom is -0.308 e. The summed E-state index contributed by atoms with van der Waals surface area (Å²) in [6.45, 7) is 7.47. The molecular formula is C23H26Cl2N4O. The Kier molecular flexibility index (Phi) is 6.32. The van der Waals surface area contributed by atoms with Crippen LogP contribution in [0.25, 0.3) is 22.0 Å². The van der Waals surface area contributed by atoms with Gasteiger partial charge in [0.15, 0.2) is 5.82 Å². The van der Waals surface area contributed by atoms with E-state index in [0.717, 1.165) is 54.5 Å². The van der Waals surface area contributed by atoms with Crippen LogP contribution in [-0.2, 0) is 4.79 Å². The lowest BCUT2D eigenvalue weighted by Crippen LogP contribution is -2.39. The molecule has 1 saturated heterocycles. The number of aromatic amines is 1. The lowest BCUT2D eigenvalue weighted by Gasteiger charge is -2.32. The van der Waals surface area contributed by atoms with Crippen molar-refractivity contribution < 1.29 is 4.79 Å². The molecule has 0 bridgehead atoms. The number of nitrogens with one attached hydrogen (secondary N) is 2. The maximum absolute atomic E-state index is 12.9. The third-order valence-corrected chi connectivity index (χ3v) is 6.27. The number of halogens is 2. The molecule has 30 heavy (non-hydrogen) atoms. The lowest BCUT2D eigenvalue weighted by atomic mass is 9.95. The molecule has 0 spiro atoms. The van der Waals surface area contributed by atoms with Crippen LogP contribution in [0.4, 0.5) is 5.82 Å². The highest BCUT2D eigenvalue weighted by Gasteiger charge is 2.26. The van der Waals surface area contributed by atoms with E-state index in [1.807, 2.05) is 36.4 Å². The first-order valence-corrected chi connectivity index (χ1v) is 11.1. The van der Waals surface area contributed by atoms with E-state index < -0.39 is 0 Å². The molecule has 1 aliphatic rings. The molecule has 1 aliphatic heterocycles. The summed E-state index contributed by atoms with van der Waals surface area (Å²) >= 11 is 12.8. The normalized spacial score (nSPS) is 15.8. The fourth-order valence-corrected chi connectivity index (χ4v) is 4.77. The molecule has 5 nitrogen and oxygen atoms in total. The van der Waals surface area contributed by atoms with E-state index >= 15 is 0 Å². The van der Waals surface area contributed by atoms with Crippen molar-refractivity contribution in [2.75, 3.05) is 25.0 Å². The Labute approximate surface area is 186 Å². The predicted molar refractivity (Wildman–Crippen MR) is 124 cm³/mol. The first-order chi connectivity index (χ1) is 14.4. The van der Waals surface area contributed by atoms with Gasteiger partial charge in [-0.25, -0.2) is 0 Å². The summed E-state index contributed by atoms with van der Waals surface area (Å²) < 4.78 is 0. The van der Waals surface area contributed by atoms with Crippen LogP contribution in [0.15, 0.2) is 36.4 Å². The zero-order valence-electron chi connectivity index (χ0n) is 17.2. The standard InChI is InChI=1S/C23H26Cl2N4O/c1-14(2)13-29-10-8-15(9-11-29)23(30)26-22-17-12-16(6-7-20(17)27-28-22)21-18(24)4-3-5-19(21)25/h3-7,12,14-15H,8-11,13H2,1-2H3,(H2,26,27,28,30). The van der Waals surface area contributed by atoms with Crippen molar-refractivity contribution in [1.29, 1.82) is 0 Å². The second-order valence-corrected chi connectivity index (χ2v) is 9.20. The molecule has 158 valence electrons. The fraction of sp³-hybridized carbons (Fsp3) is 0.391. The van der Waals surface area contributed by atoms with Gasteiger partial charge in [0, 0.05) is 33.5 Å². The quantitative estimate of drug-likeness (QED) is 0.519. The molecule has 7 heteroatoms. The largest absolute Gasteiger partial charge is 0.308 e. The molecule has 0 unspecified atom stereocenters. The van der Waals surface area contributed by atoms with Crippen LogP contribution in [0.5, 0.6) is 0 Å². The van der Waals surface area contributed by atoms with Crippen LogP contribution in [0.2, 0.25) is 10.0 Å². The van der Waals surface area contributed by atoms with E-state index in [9.17, 15) is 4.79 Å². The van der Waals surface area contributed by atoms with Gasteiger partial charge in [-0.2, -0.15) is 5.10 Å². The number of likely N-dealkylation sites (tertiary alicyclic amines) is 1. The summed E-state index contributed by atoms with van der Waals surface area (Å²) in [6, 6.07) is 11.3. The van der Waals surface area contributed by atoms with E-state index in [1.165, 1.54) is 0 Å². The van der Waals surface area contributed by atoms with Gasteiger partial charge < -0.3 is 10.2 Å². The van der Waals surface area contributed by atoms with Crippen molar-refractivity contribution in [3.8, 4) is 11.1 Å². The van der Waals surface area contributed by atoms with E-state index in [4.69, 9.17) is 23.2 Å². The summed E-state index contributed by atoms with van der Waals surface area (Å²) in [5, 5.41) is 12.4. The molecule has 2 heterocycles. The second kappa shape index (κ2) is 8.96. The molecule has 1 fully saturated rings. The summed E-state index contributed by atoms with van der Waals surface area (Å²) in [6.07, 6.45) is 1.75. The van der Waals surface area contributed by atoms with Gasteiger partial charge in [0.05, 0.1) is 5.52 Å². The molecule has 0 saturated carbocycles. The summed E-state index contributed by atoms with van der Waals surface area (Å²) in [7, 11) is 0. The molecule has 1 amide bonds. The number of fused-ring (bicyclic) bond motifs is 1. The third kappa shape index (κ3) is 4.48. The number of nitrogens with zero attached hydrogens (tertiary/aromatic N) is 2. The van der Waals surface area contributed by atoms with Crippen LogP contribution < -0.4 is 5.32 Å². The number of rotatable bonds is 5. The Morgan fingerprint density at radius 2 is 1.90 bits per heavy atom. The minimum absolute atomic E-state index is 0.0151. The van der Waals surface area contributed by atoms with Crippen molar-refractivity contribution in [3.63, 3.8) is 0 Å². The van der Waals surface area contributed by atoms with E-state index in [2.05, 4.69) is 34.3 Å². The smallest absolute Gasteiger partial charge is 0.228 e. The zero-order valence-corrected chi connectivity index (χ0v) is 18.7. The van der Waals surface area contributed by atoms with Gasteiger partial charge in [-0.3, -0.25) is 9.89 Å². The zero-order chi connectivity index (χ0) is 21.3. The minimum atomic E-state index is 0.0151. The number of hydrogen-bond acceptors (Lipinski definition) is 3. The average Bonchev–Trinajstić information content (AvgIpc) is 3.10. The topological polar surface area (TPSA) is 61.0 Å². The number of H-pyrrole nitrogens is 1. The van der Waals surface area contributed by atoms with Crippen molar-refractivity contribution in [3.05, 3.63) is 46.4 Å². The molecule has 2 aromatic carbocycles. The third-order valence-electron chi connectivity index (χ3n) is 5.64. The van der Waals surface area contributed by atoms with Crippen molar-refractivity contribution in [2.24, 2.45) is 11.8 Å². The number of carbonyl (C=O) groups is 1. The summed E-state index contributed by atoms with van der Waals surface area (Å²) in [4.78, 5) is 15.3. The van der Waals surface area contributed by atoms with Crippen LogP contribution in [0, 0.1) is 11.8 Å². The number of piperidine rings is 1. The first-order valence-electron chi connectivity index (χ1n) is 10.4. The van der Waals surface area contributed by atoms with Gasteiger partial charge in [0.25, 0.3) is 0 Å². The molecule has 1 aromatic heterocycles. The molecular weight excluding hydrogens is 419 g/mol. The SMILES string of the molecule is CC(C)CN1CCC(C(=O)Nc2n[nH]c3ccc(-c4c(Cl)cccc4Cl)cc23)CC1. The predicted octanol–water partition coefficient (Wildman–Crippen LogP) is 5.84. The number of carbonyl (C=O) groups excluding carboxylic acids is 1. The average molecular weight is 445 g/mol. The number of hydrogen-bond donors (Lipinski definition) is 2. The van der Waals surface area contributed by atoms with Crippen LogP contribution in [0.3, 0.4) is 0 Å². The highest BCUT2D eigenvalue weighted by atomic mass is 35.5. The number of anilines is 1. The maximum Gasteiger partial charge on any atom is 0.228 e. The molecule has 0 aliphatic carbocycles. The van der Waals surface area contributed by atoms with Crippen molar-refractivity contribution >= 4 is 45.8 Å². The first kappa shape index (κ1) is 21.2. The van der Waals surface area contributed by atoms with E-state index in [-0.39, 0.29) is 11.8 Å². The number of aromatic nitrogens is 2. The monoisotopic (exact) mass is 444 g/mol. The van der Waals surface area contributed by atoms with Gasteiger partial charge in [-0.15, -0.1) is 0 Å². The fourth-order valence-electron chi connectivity index (χ4n) is 4.15. The Morgan fingerprint density at radius 3 is 2.57 bits per heavy atom. The van der Waals surface area contributed by atoms with Gasteiger partial charge in [0.1, 0.15) is 0 Å². The Balaban J connectivity index is 1.52. The molecule has 0 atom stereocenters. The van der Waals surface area contributed by atoms with Gasteiger partial charge in [0.2, 0.25) is 5.91 Å². The Hall–Kier alpha value is -2.08. The highest BCUT2D eigenvalue weighted by Crippen LogP contribution is 2.36. The van der Waals surface area contributed by atoms with Gasteiger partial charge >= 0.3 is 0 Å². The Bertz CT molecular complexity index is 1030. The number of amides is 1. The van der Waals surface area contributed by atoms with Crippen molar-refractivity contribution in [2.45, 2.75) is 26.7 Å². The van der Waals surface area contributed by atoms with Crippen LogP contribution in [-0.4, -0.2) is 40.6 Å². The van der Waals surface area contributed by atoms with Gasteiger partial charge in [-0.05, 0) is 61.7 Å². The molecule has 3 aromatic rings. The van der Waals surface area contributed by atoms with Crippen molar-refractivity contribution in [1.82, 2.24) is 15.1 Å². The highest BCUT2D eigenvalue weighted by molar-refractivity contribution is 6.39. The summed E-state index contributed by atoms with van der Waals surface area (Å²) in [5.41, 5.74) is 2.51. The summed E-state index contributed by atoms with van der Waals surface area (Å²) in [5.74, 6) is 1.24. The lowest BCUT2D eigenvalue weighted by molar-refractivity contribution is -0.121.